The number of aromatic nitrogens is 4. The Morgan fingerprint density at radius 2 is 1.76 bits per heavy atom. The standard InChI is InChI=1S/C29H22F2N6O4/c1-16-2-10-21(29(40)37(16)20-8-5-18(30)6-9-20)28(39)32-19-7-11-23(22(31)14-19)41-26-13-12-25-33-24(15-36(25)35-26)34-27(38)17-3-4-17/h2,5-15,17H,3-4H2,1H3,(H,32,39)(H,34,38). The molecule has 0 spiro atoms. The first-order chi connectivity index (χ1) is 19.7. The lowest BCUT2D eigenvalue weighted by Crippen LogP contribution is -2.29. The number of hydrogen-bond acceptors (Lipinski definition) is 6. The van der Waals surface area contributed by atoms with E-state index in [4.69, 9.17) is 4.74 Å². The zero-order chi connectivity index (χ0) is 28.7. The predicted molar refractivity (Wildman–Crippen MR) is 146 cm³/mol. The Bertz CT molecular complexity index is 1880. The summed E-state index contributed by atoms with van der Waals surface area (Å²) in [5.74, 6) is -1.74. The summed E-state index contributed by atoms with van der Waals surface area (Å²) in [5, 5.41) is 9.52. The Hall–Kier alpha value is -5.39. The molecule has 0 atom stereocenters. The summed E-state index contributed by atoms with van der Waals surface area (Å²) in [6.45, 7) is 1.69. The molecular formula is C29H22F2N6O4. The molecule has 1 aliphatic carbocycles. The number of carbonyl (C=O) groups excluding carboxylic acids is 2. The molecule has 1 aliphatic rings. The smallest absolute Gasteiger partial charge is 0.268 e. The van der Waals surface area contributed by atoms with Crippen molar-refractivity contribution in [2.24, 2.45) is 5.92 Å². The van der Waals surface area contributed by atoms with Crippen LogP contribution in [-0.4, -0.2) is 31.0 Å². The van der Waals surface area contributed by atoms with Crippen LogP contribution < -0.4 is 20.9 Å². The van der Waals surface area contributed by atoms with Gasteiger partial charge in [-0.05, 0) is 74.4 Å². The van der Waals surface area contributed by atoms with Gasteiger partial charge in [0.2, 0.25) is 11.8 Å². The lowest BCUT2D eigenvalue weighted by Gasteiger charge is -2.13. The molecule has 10 nitrogen and oxygen atoms in total. The average Bonchev–Trinajstić information content (AvgIpc) is 3.72. The maximum atomic E-state index is 14.9. The van der Waals surface area contributed by atoms with Gasteiger partial charge in [-0.2, -0.15) is 0 Å². The van der Waals surface area contributed by atoms with Crippen LogP contribution >= 0.6 is 0 Å². The van der Waals surface area contributed by atoms with Crippen LogP contribution in [0.3, 0.4) is 0 Å². The summed E-state index contributed by atoms with van der Waals surface area (Å²) < 4.78 is 36.6. The molecule has 0 aliphatic heterocycles. The van der Waals surface area contributed by atoms with Crippen LogP contribution in [0.2, 0.25) is 0 Å². The van der Waals surface area contributed by atoms with E-state index in [1.165, 1.54) is 63.8 Å². The number of nitrogens with one attached hydrogen (secondary N) is 2. The highest BCUT2D eigenvalue weighted by atomic mass is 19.1. The summed E-state index contributed by atoms with van der Waals surface area (Å²) in [7, 11) is 0. The summed E-state index contributed by atoms with van der Waals surface area (Å²) in [4.78, 5) is 42.3. The lowest BCUT2D eigenvalue weighted by atomic mass is 10.2. The first-order valence-corrected chi connectivity index (χ1v) is 12.7. The van der Waals surface area contributed by atoms with E-state index < -0.39 is 23.1 Å². The number of carbonyl (C=O) groups is 2. The number of amides is 2. The van der Waals surface area contributed by atoms with Gasteiger partial charge in [-0.1, -0.05) is 0 Å². The van der Waals surface area contributed by atoms with Crippen LogP contribution in [0, 0.1) is 24.5 Å². The summed E-state index contributed by atoms with van der Waals surface area (Å²) in [6.07, 6.45) is 3.27. The quantitative estimate of drug-likeness (QED) is 0.296. The van der Waals surface area contributed by atoms with Gasteiger partial charge < -0.3 is 15.4 Å². The number of imidazole rings is 1. The molecule has 0 saturated heterocycles. The van der Waals surface area contributed by atoms with Gasteiger partial charge in [0.05, 0.1) is 6.20 Å². The molecule has 0 bridgehead atoms. The first-order valence-electron chi connectivity index (χ1n) is 12.7. The molecule has 3 aromatic heterocycles. The molecule has 3 heterocycles. The zero-order valence-electron chi connectivity index (χ0n) is 21.6. The molecule has 2 aromatic carbocycles. The highest BCUT2D eigenvalue weighted by Crippen LogP contribution is 2.30. The van der Waals surface area contributed by atoms with Crippen LogP contribution in [0.1, 0.15) is 28.9 Å². The van der Waals surface area contributed by atoms with Crippen LogP contribution in [0.25, 0.3) is 11.3 Å². The van der Waals surface area contributed by atoms with Crippen molar-refractivity contribution in [3.63, 3.8) is 0 Å². The SMILES string of the molecule is Cc1ccc(C(=O)Nc2ccc(Oc3ccc4nc(NC(=O)C5CC5)cn4n3)c(F)c2)c(=O)n1-c1ccc(F)cc1. The maximum Gasteiger partial charge on any atom is 0.268 e. The molecule has 2 N–H and O–H groups in total. The van der Waals surface area contributed by atoms with Gasteiger partial charge in [0.1, 0.15) is 11.4 Å². The number of anilines is 2. The van der Waals surface area contributed by atoms with E-state index in [9.17, 15) is 23.2 Å². The molecule has 6 rings (SSSR count). The number of nitrogens with zero attached hydrogens (tertiary/aromatic N) is 4. The highest BCUT2D eigenvalue weighted by molar-refractivity contribution is 6.04. The summed E-state index contributed by atoms with van der Waals surface area (Å²) in [5.41, 5.74) is 0.737. The molecule has 1 saturated carbocycles. The number of benzene rings is 2. The fraction of sp³-hybridized carbons (Fsp3) is 0.138. The average molecular weight is 557 g/mol. The Kier molecular flexibility index (Phi) is 6.50. The number of rotatable bonds is 7. The van der Waals surface area contributed by atoms with Gasteiger partial charge >= 0.3 is 0 Å². The number of halogens is 2. The monoisotopic (exact) mass is 556 g/mol. The van der Waals surface area contributed by atoms with E-state index in [0.29, 0.717) is 22.8 Å². The van der Waals surface area contributed by atoms with Crippen LogP contribution in [-0.2, 0) is 4.79 Å². The normalized spacial score (nSPS) is 12.8. The van der Waals surface area contributed by atoms with E-state index >= 15 is 0 Å². The second-order valence-electron chi connectivity index (χ2n) is 9.57. The topological polar surface area (TPSA) is 120 Å². The van der Waals surface area contributed by atoms with Gasteiger partial charge in [0.25, 0.3) is 11.5 Å². The summed E-state index contributed by atoms with van der Waals surface area (Å²) >= 11 is 0. The number of fused-ring (bicyclic) bond motifs is 1. The Morgan fingerprint density at radius 1 is 0.976 bits per heavy atom. The van der Waals surface area contributed by atoms with Crippen molar-refractivity contribution in [2.45, 2.75) is 19.8 Å². The Labute approximate surface area is 231 Å². The van der Waals surface area contributed by atoms with Crippen molar-refractivity contribution in [3.05, 3.63) is 106 Å². The highest BCUT2D eigenvalue weighted by Gasteiger charge is 2.30. The van der Waals surface area contributed by atoms with Gasteiger partial charge in [0.15, 0.2) is 23.0 Å². The lowest BCUT2D eigenvalue weighted by molar-refractivity contribution is -0.117. The summed E-state index contributed by atoms with van der Waals surface area (Å²) in [6, 6.07) is 15.2. The van der Waals surface area contributed by atoms with E-state index in [-0.39, 0.29) is 34.7 Å². The third kappa shape index (κ3) is 5.39. The minimum Gasteiger partial charge on any atom is -0.434 e. The van der Waals surface area contributed by atoms with Crippen molar-refractivity contribution >= 4 is 29.0 Å². The van der Waals surface area contributed by atoms with Crippen molar-refractivity contribution in [1.82, 2.24) is 19.2 Å². The molecule has 206 valence electrons. The van der Waals surface area contributed by atoms with Crippen LogP contribution in [0.5, 0.6) is 11.6 Å². The molecule has 5 aromatic rings. The van der Waals surface area contributed by atoms with Crippen molar-refractivity contribution in [1.29, 1.82) is 0 Å². The number of ether oxygens (including phenoxy) is 1. The van der Waals surface area contributed by atoms with Crippen molar-refractivity contribution < 1.29 is 23.1 Å². The zero-order valence-corrected chi connectivity index (χ0v) is 21.6. The second-order valence-corrected chi connectivity index (χ2v) is 9.57. The fourth-order valence-corrected chi connectivity index (χ4v) is 4.24. The van der Waals surface area contributed by atoms with E-state index in [1.807, 2.05) is 0 Å². The van der Waals surface area contributed by atoms with Gasteiger partial charge in [0, 0.05) is 35.1 Å². The second kappa shape index (κ2) is 10.3. The number of hydrogen-bond donors (Lipinski definition) is 2. The largest absolute Gasteiger partial charge is 0.434 e. The minimum absolute atomic E-state index is 0.0272. The Morgan fingerprint density at radius 3 is 2.49 bits per heavy atom. The van der Waals surface area contributed by atoms with E-state index in [0.717, 1.165) is 18.9 Å². The van der Waals surface area contributed by atoms with E-state index in [1.54, 1.807) is 19.1 Å². The van der Waals surface area contributed by atoms with Crippen molar-refractivity contribution in [2.75, 3.05) is 10.6 Å². The molecule has 2 amide bonds. The molecule has 12 heteroatoms. The van der Waals surface area contributed by atoms with Gasteiger partial charge in [-0.3, -0.25) is 19.0 Å². The third-order valence-electron chi connectivity index (χ3n) is 6.51. The minimum atomic E-state index is -0.777. The molecule has 0 unspecified atom stereocenters. The first kappa shape index (κ1) is 25.9. The van der Waals surface area contributed by atoms with Crippen LogP contribution in [0.15, 0.2) is 77.7 Å². The fourth-order valence-electron chi connectivity index (χ4n) is 4.24. The molecule has 1 fully saturated rings. The van der Waals surface area contributed by atoms with E-state index in [2.05, 4.69) is 20.7 Å². The third-order valence-corrected chi connectivity index (χ3v) is 6.51. The molecule has 41 heavy (non-hydrogen) atoms. The number of aryl methyl sites for hydroxylation is 1. The maximum absolute atomic E-state index is 14.9. The van der Waals surface area contributed by atoms with Gasteiger partial charge in [-0.15, -0.1) is 5.10 Å². The predicted octanol–water partition coefficient (Wildman–Crippen LogP) is 4.86. The molecule has 0 radical (unpaired) electrons. The van der Waals surface area contributed by atoms with Gasteiger partial charge in [-0.25, -0.2) is 18.3 Å². The molecular weight excluding hydrogens is 534 g/mol. The van der Waals surface area contributed by atoms with Crippen molar-refractivity contribution in [3.8, 4) is 17.3 Å². The van der Waals surface area contributed by atoms with Crippen LogP contribution in [0.4, 0.5) is 20.3 Å². The Balaban J connectivity index is 1.17. The number of pyridine rings is 1.